The summed E-state index contributed by atoms with van der Waals surface area (Å²) in [5.41, 5.74) is -1.50. The summed E-state index contributed by atoms with van der Waals surface area (Å²) in [4.78, 5) is 37.9. The van der Waals surface area contributed by atoms with Crippen LogP contribution in [0.5, 0.6) is 0 Å². The van der Waals surface area contributed by atoms with Gasteiger partial charge in [-0.15, -0.1) is 0 Å². The third-order valence-electron chi connectivity index (χ3n) is 5.33. The average Bonchev–Trinajstić information content (AvgIpc) is 3.28. The number of hydrogen-bond donors (Lipinski definition) is 3. The summed E-state index contributed by atoms with van der Waals surface area (Å²) in [6, 6.07) is 7.79. The number of nitrogens with zero attached hydrogens (tertiary/aromatic N) is 3. The largest absolute Gasteiger partial charge is 0.435 e. The van der Waals surface area contributed by atoms with Gasteiger partial charge in [-0.25, -0.2) is 9.48 Å². The van der Waals surface area contributed by atoms with E-state index in [4.69, 9.17) is 0 Å². The molecule has 178 valence electrons. The monoisotopic (exact) mass is 466 g/mol. The molecule has 1 aliphatic rings. The van der Waals surface area contributed by atoms with Crippen LogP contribution in [0.2, 0.25) is 0 Å². The molecule has 4 amide bonds. The van der Waals surface area contributed by atoms with Crippen molar-refractivity contribution in [1.29, 1.82) is 0 Å². The fourth-order valence-corrected chi connectivity index (χ4v) is 3.56. The molecule has 0 unspecified atom stereocenters. The summed E-state index contributed by atoms with van der Waals surface area (Å²) in [5.74, 6) is -1.12. The number of likely N-dealkylation sites (tertiary alicyclic amines) is 1. The van der Waals surface area contributed by atoms with E-state index in [0.29, 0.717) is 31.6 Å². The van der Waals surface area contributed by atoms with Crippen LogP contribution < -0.4 is 16.0 Å². The summed E-state index contributed by atoms with van der Waals surface area (Å²) >= 11 is 0. The van der Waals surface area contributed by atoms with Gasteiger partial charge in [-0.3, -0.25) is 9.59 Å². The van der Waals surface area contributed by atoms with E-state index >= 15 is 0 Å². The number of carbonyl (C=O) groups is 3. The smallest absolute Gasteiger partial charge is 0.359 e. The summed E-state index contributed by atoms with van der Waals surface area (Å²) in [7, 11) is 1.57. The average molecular weight is 466 g/mol. The van der Waals surface area contributed by atoms with Crippen molar-refractivity contribution in [3.63, 3.8) is 0 Å². The van der Waals surface area contributed by atoms with E-state index in [1.54, 1.807) is 42.3 Å². The summed E-state index contributed by atoms with van der Waals surface area (Å²) in [5, 5.41) is 11.1. The highest BCUT2D eigenvalue weighted by atomic mass is 19.4. The molecule has 33 heavy (non-hydrogen) atoms. The van der Waals surface area contributed by atoms with Crippen LogP contribution in [0, 0.1) is 5.92 Å². The van der Waals surface area contributed by atoms with Crippen molar-refractivity contribution in [2.24, 2.45) is 5.92 Å². The Morgan fingerprint density at radius 2 is 1.70 bits per heavy atom. The summed E-state index contributed by atoms with van der Waals surface area (Å²) in [6.07, 6.45) is -2.67. The standard InChI is InChI=1S/C21H25F3N6O3/c1-25-18(31)14-7-11-29(12-8-14)20(33)27-10-9-26-19(32)16-13-30(15-5-3-2-4-6-15)28-17(16)21(22,23)24/h2-6,13-14H,7-12H2,1H3,(H,25,31)(H,26,32)(H,27,33). The number of urea groups is 1. The predicted molar refractivity (Wildman–Crippen MR) is 113 cm³/mol. The Morgan fingerprint density at radius 1 is 1.06 bits per heavy atom. The Labute approximate surface area is 188 Å². The van der Waals surface area contributed by atoms with Crippen molar-refractivity contribution < 1.29 is 27.6 Å². The third-order valence-corrected chi connectivity index (χ3v) is 5.33. The quantitative estimate of drug-likeness (QED) is 0.564. The highest BCUT2D eigenvalue weighted by Gasteiger charge is 2.39. The van der Waals surface area contributed by atoms with Crippen molar-refractivity contribution in [1.82, 2.24) is 30.6 Å². The minimum Gasteiger partial charge on any atom is -0.359 e. The number of amides is 4. The van der Waals surface area contributed by atoms with Gasteiger partial charge in [0, 0.05) is 45.3 Å². The van der Waals surface area contributed by atoms with Gasteiger partial charge in [0.05, 0.1) is 11.3 Å². The lowest BCUT2D eigenvalue weighted by Gasteiger charge is -2.31. The highest BCUT2D eigenvalue weighted by Crippen LogP contribution is 2.31. The number of alkyl halides is 3. The van der Waals surface area contributed by atoms with E-state index in [2.05, 4.69) is 21.0 Å². The van der Waals surface area contributed by atoms with Gasteiger partial charge in [-0.1, -0.05) is 18.2 Å². The van der Waals surface area contributed by atoms with Gasteiger partial charge in [0.2, 0.25) is 5.91 Å². The Bertz CT molecular complexity index is 985. The van der Waals surface area contributed by atoms with Crippen LogP contribution in [0.1, 0.15) is 28.9 Å². The van der Waals surface area contributed by atoms with Crippen molar-refractivity contribution in [3.05, 3.63) is 47.8 Å². The summed E-state index contributed by atoms with van der Waals surface area (Å²) < 4.78 is 41.2. The first-order valence-corrected chi connectivity index (χ1v) is 10.5. The normalized spacial score (nSPS) is 14.6. The Morgan fingerprint density at radius 3 is 2.30 bits per heavy atom. The second-order valence-corrected chi connectivity index (χ2v) is 7.53. The lowest BCUT2D eigenvalue weighted by atomic mass is 9.96. The number of para-hydroxylation sites is 1. The zero-order valence-corrected chi connectivity index (χ0v) is 18.0. The van der Waals surface area contributed by atoms with Gasteiger partial charge in [-0.2, -0.15) is 18.3 Å². The van der Waals surface area contributed by atoms with Gasteiger partial charge in [0.1, 0.15) is 0 Å². The van der Waals surface area contributed by atoms with Crippen molar-refractivity contribution in [3.8, 4) is 5.69 Å². The fourth-order valence-electron chi connectivity index (χ4n) is 3.56. The Balaban J connectivity index is 1.52. The molecule has 1 fully saturated rings. The number of piperidine rings is 1. The molecule has 12 heteroatoms. The van der Waals surface area contributed by atoms with Crippen LogP contribution in [-0.2, 0) is 11.0 Å². The van der Waals surface area contributed by atoms with Crippen molar-refractivity contribution >= 4 is 17.8 Å². The molecule has 2 aromatic rings. The first kappa shape index (κ1) is 24.1. The molecule has 2 heterocycles. The maximum Gasteiger partial charge on any atom is 0.435 e. The molecule has 1 saturated heterocycles. The van der Waals surface area contributed by atoms with Gasteiger partial charge >= 0.3 is 12.2 Å². The van der Waals surface area contributed by atoms with Crippen molar-refractivity contribution in [2.75, 3.05) is 33.2 Å². The van der Waals surface area contributed by atoms with E-state index in [1.165, 1.54) is 0 Å². The van der Waals surface area contributed by atoms with Crippen LogP contribution in [0.3, 0.4) is 0 Å². The highest BCUT2D eigenvalue weighted by molar-refractivity contribution is 5.95. The fraction of sp³-hybridized carbons (Fsp3) is 0.429. The maximum absolute atomic E-state index is 13.4. The minimum absolute atomic E-state index is 0.0358. The number of carbonyl (C=O) groups excluding carboxylic acids is 3. The zero-order valence-electron chi connectivity index (χ0n) is 18.0. The molecular formula is C21H25F3N6O3. The van der Waals surface area contributed by atoms with E-state index in [0.717, 1.165) is 10.9 Å². The molecule has 0 saturated carbocycles. The van der Waals surface area contributed by atoms with Crippen LogP contribution >= 0.6 is 0 Å². The van der Waals surface area contributed by atoms with E-state index < -0.39 is 23.3 Å². The van der Waals surface area contributed by atoms with Crippen molar-refractivity contribution in [2.45, 2.75) is 19.0 Å². The van der Waals surface area contributed by atoms with Crippen LogP contribution in [-0.4, -0.2) is 65.8 Å². The van der Waals surface area contributed by atoms with E-state index in [1.807, 2.05) is 0 Å². The number of hydrogen-bond acceptors (Lipinski definition) is 4. The number of nitrogens with one attached hydrogen (secondary N) is 3. The lowest BCUT2D eigenvalue weighted by Crippen LogP contribution is -2.48. The van der Waals surface area contributed by atoms with Gasteiger partial charge < -0.3 is 20.9 Å². The van der Waals surface area contributed by atoms with Gasteiger partial charge in [-0.05, 0) is 25.0 Å². The molecular weight excluding hydrogens is 441 g/mol. The van der Waals surface area contributed by atoms with E-state index in [-0.39, 0.29) is 30.9 Å². The molecule has 0 aliphatic carbocycles. The van der Waals surface area contributed by atoms with Gasteiger partial charge in [0.25, 0.3) is 5.91 Å². The van der Waals surface area contributed by atoms with Crippen LogP contribution in [0.25, 0.3) is 5.69 Å². The number of benzene rings is 1. The molecule has 1 aliphatic heterocycles. The number of aromatic nitrogens is 2. The molecule has 3 N–H and O–H groups in total. The zero-order chi connectivity index (χ0) is 24.0. The van der Waals surface area contributed by atoms with Crippen LogP contribution in [0.15, 0.2) is 36.5 Å². The SMILES string of the molecule is CNC(=O)C1CCN(C(=O)NCCNC(=O)c2cn(-c3ccccc3)nc2C(F)(F)F)CC1. The first-order valence-electron chi connectivity index (χ1n) is 10.5. The molecule has 9 nitrogen and oxygen atoms in total. The predicted octanol–water partition coefficient (Wildman–Crippen LogP) is 1.79. The number of rotatable bonds is 6. The molecule has 1 aromatic heterocycles. The first-order chi connectivity index (χ1) is 15.7. The molecule has 0 bridgehead atoms. The molecule has 0 atom stereocenters. The van der Waals surface area contributed by atoms with Crippen LogP contribution in [0.4, 0.5) is 18.0 Å². The topological polar surface area (TPSA) is 108 Å². The molecule has 0 radical (unpaired) electrons. The Hall–Kier alpha value is -3.57. The maximum atomic E-state index is 13.4. The molecule has 0 spiro atoms. The molecule has 3 rings (SSSR count). The molecule has 1 aromatic carbocycles. The number of halogens is 3. The van der Waals surface area contributed by atoms with E-state index in [9.17, 15) is 27.6 Å². The Kier molecular flexibility index (Phi) is 7.56. The third kappa shape index (κ3) is 6.02. The van der Waals surface area contributed by atoms with Gasteiger partial charge in [0.15, 0.2) is 5.69 Å². The second kappa shape index (κ2) is 10.4. The second-order valence-electron chi connectivity index (χ2n) is 7.53. The minimum atomic E-state index is -4.80. The lowest BCUT2D eigenvalue weighted by molar-refractivity contribution is -0.141. The summed E-state index contributed by atoms with van der Waals surface area (Å²) in [6.45, 7) is 0.814.